The maximum atomic E-state index is 5.49. The van der Waals surface area contributed by atoms with Crippen molar-refractivity contribution < 1.29 is 4.74 Å². The van der Waals surface area contributed by atoms with Gasteiger partial charge in [0.25, 0.3) is 0 Å². The molecule has 0 aliphatic heterocycles. The monoisotopic (exact) mass is 342 g/mol. The van der Waals surface area contributed by atoms with Crippen LogP contribution in [0.5, 0.6) is 0 Å². The van der Waals surface area contributed by atoms with Crippen molar-refractivity contribution in [2.45, 2.75) is 33.7 Å². The van der Waals surface area contributed by atoms with Crippen LogP contribution in [0, 0.1) is 0 Å². The summed E-state index contributed by atoms with van der Waals surface area (Å²) < 4.78 is 6.62. The van der Waals surface area contributed by atoms with Crippen LogP contribution in [0.4, 0.5) is 5.69 Å². The van der Waals surface area contributed by atoms with Crippen LogP contribution in [0.15, 0.2) is 22.7 Å². The van der Waals surface area contributed by atoms with Gasteiger partial charge >= 0.3 is 0 Å². The van der Waals surface area contributed by atoms with Crippen molar-refractivity contribution in [1.29, 1.82) is 0 Å². The highest BCUT2D eigenvalue weighted by molar-refractivity contribution is 9.10. The lowest BCUT2D eigenvalue weighted by Gasteiger charge is -2.28. The van der Waals surface area contributed by atoms with Crippen LogP contribution in [-0.4, -0.2) is 32.8 Å². The Morgan fingerprint density at radius 1 is 1.30 bits per heavy atom. The number of nitrogens with one attached hydrogen (secondary N) is 1. The highest BCUT2D eigenvalue weighted by Gasteiger charge is 2.14. The number of halogens is 1. The van der Waals surface area contributed by atoms with E-state index in [1.54, 1.807) is 0 Å². The summed E-state index contributed by atoms with van der Waals surface area (Å²) in [5.41, 5.74) is 2.63. The zero-order chi connectivity index (χ0) is 15.0. The molecule has 1 N–H and O–H groups in total. The van der Waals surface area contributed by atoms with Crippen LogP contribution in [0.1, 0.15) is 39.3 Å². The molecule has 0 aromatic heterocycles. The van der Waals surface area contributed by atoms with Gasteiger partial charge in [-0.05, 0) is 51.1 Å². The summed E-state index contributed by atoms with van der Waals surface area (Å²) in [6.07, 6.45) is 0. The van der Waals surface area contributed by atoms with Crippen LogP contribution in [0.3, 0.4) is 0 Å². The quantitative estimate of drug-likeness (QED) is 0.687. The second-order valence-corrected chi connectivity index (χ2v) is 5.67. The van der Waals surface area contributed by atoms with Gasteiger partial charge in [0, 0.05) is 35.9 Å². The molecule has 1 aromatic rings. The zero-order valence-corrected chi connectivity index (χ0v) is 14.7. The Hall–Kier alpha value is -0.580. The number of benzene rings is 1. The highest BCUT2D eigenvalue weighted by atomic mass is 79.9. The largest absolute Gasteiger partial charge is 0.380 e. The van der Waals surface area contributed by atoms with E-state index < -0.39 is 0 Å². The Morgan fingerprint density at radius 2 is 2.05 bits per heavy atom. The van der Waals surface area contributed by atoms with Crippen LogP contribution < -0.4 is 10.2 Å². The molecule has 1 aromatic carbocycles. The number of nitrogens with zero attached hydrogens (tertiary/aromatic N) is 1. The van der Waals surface area contributed by atoms with Gasteiger partial charge in [-0.15, -0.1) is 0 Å². The van der Waals surface area contributed by atoms with Gasteiger partial charge < -0.3 is 15.0 Å². The number of hydrogen-bond donors (Lipinski definition) is 1. The molecule has 0 bridgehead atoms. The maximum Gasteiger partial charge on any atom is 0.0641 e. The molecule has 1 atom stereocenters. The lowest BCUT2D eigenvalue weighted by molar-refractivity contribution is 0.154. The third kappa shape index (κ3) is 5.08. The Kier molecular flexibility index (Phi) is 8.19. The smallest absolute Gasteiger partial charge is 0.0641 e. The maximum absolute atomic E-state index is 5.49. The normalized spacial score (nSPS) is 12.4. The minimum atomic E-state index is 0.341. The van der Waals surface area contributed by atoms with Crippen molar-refractivity contribution >= 4 is 21.6 Å². The van der Waals surface area contributed by atoms with Gasteiger partial charge in [-0.2, -0.15) is 0 Å². The Labute approximate surface area is 131 Å². The molecule has 3 nitrogen and oxygen atoms in total. The minimum Gasteiger partial charge on any atom is -0.380 e. The van der Waals surface area contributed by atoms with E-state index in [4.69, 9.17) is 4.74 Å². The van der Waals surface area contributed by atoms with Crippen LogP contribution in [-0.2, 0) is 4.74 Å². The average Bonchev–Trinajstić information content (AvgIpc) is 2.44. The summed E-state index contributed by atoms with van der Waals surface area (Å²) in [4.78, 5) is 2.38. The SMILES string of the molecule is CCNC(C)c1cc(Br)ccc1N(CC)CCOCC. The van der Waals surface area contributed by atoms with Crippen LogP contribution in [0.2, 0.25) is 0 Å². The minimum absolute atomic E-state index is 0.341. The van der Waals surface area contributed by atoms with E-state index in [1.807, 2.05) is 6.92 Å². The van der Waals surface area contributed by atoms with Crippen molar-refractivity contribution in [3.05, 3.63) is 28.2 Å². The molecule has 0 aliphatic carbocycles. The van der Waals surface area contributed by atoms with Gasteiger partial charge in [-0.25, -0.2) is 0 Å². The van der Waals surface area contributed by atoms with Gasteiger partial charge in [0.05, 0.1) is 6.61 Å². The standard InChI is InChI=1S/C16H27BrN2O/c1-5-18-13(4)15-12-14(17)8-9-16(15)19(6-2)10-11-20-7-3/h8-9,12-13,18H,5-7,10-11H2,1-4H3. The lowest BCUT2D eigenvalue weighted by atomic mass is 10.0. The van der Waals surface area contributed by atoms with Gasteiger partial charge in [0.2, 0.25) is 0 Å². The predicted octanol–water partition coefficient (Wildman–Crippen LogP) is 3.98. The number of rotatable bonds is 9. The van der Waals surface area contributed by atoms with Crippen LogP contribution >= 0.6 is 15.9 Å². The summed E-state index contributed by atoms with van der Waals surface area (Å²) in [7, 11) is 0. The van der Waals surface area contributed by atoms with E-state index >= 15 is 0 Å². The Morgan fingerprint density at radius 3 is 2.65 bits per heavy atom. The molecule has 114 valence electrons. The molecule has 0 fully saturated rings. The van der Waals surface area contributed by atoms with E-state index in [9.17, 15) is 0 Å². The average molecular weight is 343 g/mol. The van der Waals surface area contributed by atoms with E-state index in [0.29, 0.717) is 6.04 Å². The molecule has 0 spiro atoms. The first-order chi connectivity index (χ1) is 9.63. The highest BCUT2D eigenvalue weighted by Crippen LogP contribution is 2.29. The molecule has 0 saturated carbocycles. The first kappa shape index (κ1) is 17.5. The lowest BCUT2D eigenvalue weighted by Crippen LogP contribution is -2.29. The molecule has 0 heterocycles. The molecule has 4 heteroatoms. The van der Waals surface area contributed by atoms with Crippen molar-refractivity contribution in [1.82, 2.24) is 5.32 Å². The predicted molar refractivity (Wildman–Crippen MR) is 90.6 cm³/mol. The van der Waals surface area contributed by atoms with E-state index in [0.717, 1.165) is 37.3 Å². The van der Waals surface area contributed by atoms with Crippen LogP contribution in [0.25, 0.3) is 0 Å². The Balaban J connectivity index is 2.95. The summed E-state index contributed by atoms with van der Waals surface area (Å²) in [5.74, 6) is 0. The van der Waals surface area contributed by atoms with Gasteiger partial charge in [-0.3, -0.25) is 0 Å². The summed E-state index contributed by atoms with van der Waals surface area (Å²) in [5, 5.41) is 3.50. The van der Waals surface area contributed by atoms with Crippen molar-refractivity contribution in [3.63, 3.8) is 0 Å². The molecule has 0 aliphatic rings. The first-order valence-corrected chi connectivity index (χ1v) is 8.28. The first-order valence-electron chi connectivity index (χ1n) is 7.49. The Bertz CT molecular complexity index is 398. The number of anilines is 1. The topological polar surface area (TPSA) is 24.5 Å². The second kappa shape index (κ2) is 9.37. The van der Waals surface area contributed by atoms with Gasteiger partial charge in [0.15, 0.2) is 0 Å². The fourth-order valence-electron chi connectivity index (χ4n) is 2.34. The molecule has 0 amide bonds. The van der Waals surface area contributed by atoms with Crippen molar-refractivity contribution in [2.24, 2.45) is 0 Å². The molecule has 0 radical (unpaired) electrons. The summed E-state index contributed by atoms with van der Waals surface area (Å²) in [6.45, 7) is 13.0. The fourth-order valence-corrected chi connectivity index (χ4v) is 2.72. The third-order valence-corrected chi connectivity index (χ3v) is 3.89. The van der Waals surface area contributed by atoms with Gasteiger partial charge in [0.1, 0.15) is 0 Å². The molecular formula is C16H27BrN2O. The number of ether oxygens (including phenoxy) is 1. The molecule has 1 unspecified atom stereocenters. The third-order valence-electron chi connectivity index (χ3n) is 3.40. The van der Waals surface area contributed by atoms with Gasteiger partial charge in [-0.1, -0.05) is 22.9 Å². The number of likely N-dealkylation sites (N-methyl/N-ethyl adjacent to an activating group) is 1. The van der Waals surface area contributed by atoms with E-state index in [2.05, 4.69) is 65.1 Å². The molecule has 1 rings (SSSR count). The zero-order valence-electron chi connectivity index (χ0n) is 13.1. The summed E-state index contributed by atoms with van der Waals surface area (Å²) >= 11 is 3.58. The molecule has 20 heavy (non-hydrogen) atoms. The van der Waals surface area contributed by atoms with E-state index in [1.165, 1.54) is 11.3 Å². The summed E-state index contributed by atoms with van der Waals surface area (Å²) in [6, 6.07) is 6.86. The van der Waals surface area contributed by atoms with Crippen molar-refractivity contribution in [2.75, 3.05) is 37.7 Å². The second-order valence-electron chi connectivity index (χ2n) is 4.76. The fraction of sp³-hybridized carbons (Fsp3) is 0.625. The van der Waals surface area contributed by atoms with E-state index in [-0.39, 0.29) is 0 Å². The molecular weight excluding hydrogens is 316 g/mol. The molecule has 0 saturated heterocycles. The van der Waals surface area contributed by atoms with Crippen molar-refractivity contribution in [3.8, 4) is 0 Å². The number of hydrogen-bond acceptors (Lipinski definition) is 3.